The Labute approximate surface area is 231 Å². The van der Waals surface area contributed by atoms with Crippen LogP contribution in [0.15, 0.2) is 25.3 Å². The van der Waals surface area contributed by atoms with Crippen LogP contribution in [0.2, 0.25) is 0 Å². The first-order valence-corrected chi connectivity index (χ1v) is 14.4. The first kappa shape index (κ1) is 29.7. The normalized spacial score (nSPS) is 31.6. The van der Waals surface area contributed by atoms with Crippen LogP contribution >= 0.6 is 0 Å². The molecular formula is C29H45N3O7. The van der Waals surface area contributed by atoms with Crippen molar-refractivity contribution in [2.75, 3.05) is 59.2 Å². The SMILES string of the molecule is C=CCCOC(=O)[C@@H]1[C@H]2C(=O)N([C@@H](CO)[C@@H](C)CC)C(C(=O)N(CC=C)CCN3CCOCC3)C23CC[C@H]1O3. The molecule has 2 unspecified atom stereocenters. The number of rotatable bonds is 14. The molecule has 7 atom stereocenters. The van der Waals surface area contributed by atoms with E-state index in [9.17, 15) is 19.5 Å². The summed E-state index contributed by atoms with van der Waals surface area (Å²) in [6.07, 6.45) is 5.21. The monoisotopic (exact) mass is 547 g/mol. The van der Waals surface area contributed by atoms with E-state index in [2.05, 4.69) is 18.1 Å². The number of carbonyl (C=O) groups excluding carboxylic acids is 3. The molecule has 2 amide bonds. The molecule has 0 saturated carbocycles. The van der Waals surface area contributed by atoms with Gasteiger partial charge in [0.15, 0.2) is 0 Å². The number of ether oxygens (including phenoxy) is 3. The Morgan fingerprint density at radius 1 is 1.28 bits per heavy atom. The third kappa shape index (κ3) is 5.53. The quantitative estimate of drug-likeness (QED) is 0.197. The number of likely N-dealkylation sites (tertiary alicyclic amines) is 1. The molecule has 10 heteroatoms. The Morgan fingerprint density at radius 2 is 2.03 bits per heavy atom. The van der Waals surface area contributed by atoms with Crippen LogP contribution in [0.3, 0.4) is 0 Å². The third-order valence-corrected chi connectivity index (χ3v) is 9.11. The summed E-state index contributed by atoms with van der Waals surface area (Å²) in [5.41, 5.74) is -1.12. The summed E-state index contributed by atoms with van der Waals surface area (Å²) in [5, 5.41) is 10.5. The average Bonchev–Trinajstić information content (AvgIpc) is 3.59. The fourth-order valence-corrected chi connectivity index (χ4v) is 6.86. The van der Waals surface area contributed by atoms with Crippen LogP contribution in [0.25, 0.3) is 0 Å². The first-order chi connectivity index (χ1) is 18.8. The molecule has 218 valence electrons. The van der Waals surface area contributed by atoms with Crippen molar-refractivity contribution in [1.82, 2.24) is 14.7 Å². The fourth-order valence-electron chi connectivity index (χ4n) is 6.86. The second-order valence-electron chi connectivity index (χ2n) is 11.2. The second kappa shape index (κ2) is 12.9. The van der Waals surface area contributed by atoms with Gasteiger partial charge in [-0.1, -0.05) is 32.4 Å². The van der Waals surface area contributed by atoms with E-state index in [-0.39, 0.29) is 30.9 Å². The maximum Gasteiger partial charge on any atom is 0.312 e. The molecule has 10 nitrogen and oxygen atoms in total. The van der Waals surface area contributed by atoms with Gasteiger partial charge in [-0.2, -0.15) is 0 Å². The van der Waals surface area contributed by atoms with Gasteiger partial charge < -0.3 is 29.1 Å². The highest BCUT2D eigenvalue weighted by Crippen LogP contribution is 2.59. The number of aliphatic hydroxyl groups excluding tert-OH is 1. The van der Waals surface area contributed by atoms with Crippen molar-refractivity contribution in [3.63, 3.8) is 0 Å². The molecule has 0 aromatic carbocycles. The number of amides is 2. The molecule has 0 aromatic heterocycles. The summed E-state index contributed by atoms with van der Waals surface area (Å²) in [6, 6.07) is -1.50. The largest absolute Gasteiger partial charge is 0.465 e. The number of aliphatic hydroxyl groups is 1. The van der Waals surface area contributed by atoms with Gasteiger partial charge in [0.25, 0.3) is 0 Å². The van der Waals surface area contributed by atoms with Crippen LogP contribution in [0, 0.1) is 17.8 Å². The summed E-state index contributed by atoms with van der Waals surface area (Å²) in [4.78, 5) is 47.5. The number of fused-ring (bicyclic) bond motifs is 1. The molecule has 0 aliphatic carbocycles. The minimum atomic E-state index is -1.12. The van der Waals surface area contributed by atoms with Crippen LogP contribution in [0.5, 0.6) is 0 Å². The molecule has 1 N–H and O–H groups in total. The fraction of sp³-hybridized carbons (Fsp3) is 0.759. The predicted octanol–water partition coefficient (Wildman–Crippen LogP) is 1.23. The van der Waals surface area contributed by atoms with Gasteiger partial charge in [0.1, 0.15) is 11.6 Å². The molecule has 4 saturated heterocycles. The molecule has 4 heterocycles. The van der Waals surface area contributed by atoms with Crippen LogP contribution in [0.1, 0.15) is 39.5 Å². The van der Waals surface area contributed by atoms with Gasteiger partial charge in [-0.05, 0) is 25.2 Å². The lowest BCUT2D eigenvalue weighted by atomic mass is 9.70. The number of nitrogens with zero attached hydrogens (tertiary/aromatic N) is 3. The minimum Gasteiger partial charge on any atom is -0.465 e. The van der Waals surface area contributed by atoms with Gasteiger partial charge in [0.2, 0.25) is 11.8 Å². The topological polar surface area (TPSA) is 109 Å². The van der Waals surface area contributed by atoms with Crippen molar-refractivity contribution >= 4 is 17.8 Å². The molecule has 4 rings (SSSR count). The number of esters is 1. The maximum absolute atomic E-state index is 14.5. The molecule has 39 heavy (non-hydrogen) atoms. The van der Waals surface area contributed by atoms with Crippen molar-refractivity contribution in [2.24, 2.45) is 17.8 Å². The van der Waals surface area contributed by atoms with E-state index in [0.717, 1.165) is 19.5 Å². The summed E-state index contributed by atoms with van der Waals surface area (Å²) in [7, 11) is 0. The highest BCUT2D eigenvalue weighted by molar-refractivity contribution is 5.98. The molecule has 4 fully saturated rings. The predicted molar refractivity (Wildman–Crippen MR) is 145 cm³/mol. The Morgan fingerprint density at radius 3 is 2.67 bits per heavy atom. The summed E-state index contributed by atoms with van der Waals surface area (Å²) < 4.78 is 17.5. The number of morpholine rings is 1. The standard InChI is InChI=1S/C29H45N3O7/c1-5-8-16-38-28(36)23-22-9-10-29(39-22)24(23)26(34)32(21(19-33)20(4)7-3)25(29)27(35)31(11-6-2)13-12-30-14-17-37-18-15-30/h5-6,20-25,33H,1-2,7-19H2,3-4H3/t20-,21-,22+,23-,24-,25?,29?/m0/s1. The molecule has 0 aromatic rings. The third-order valence-electron chi connectivity index (χ3n) is 9.11. The van der Waals surface area contributed by atoms with Crippen LogP contribution in [0.4, 0.5) is 0 Å². The van der Waals surface area contributed by atoms with E-state index < -0.39 is 41.6 Å². The van der Waals surface area contributed by atoms with E-state index in [1.807, 2.05) is 13.8 Å². The van der Waals surface area contributed by atoms with Crippen LogP contribution in [-0.2, 0) is 28.6 Å². The van der Waals surface area contributed by atoms with Crippen molar-refractivity contribution in [3.8, 4) is 0 Å². The van der Waals surface area contributed by atoms with Crippen molar-refractivity contribution in [3.05, 3.63) is 25.3 Å². The van der Waals surface area contributed by atoms with Gasteiger partial charge in [0, 0.05) is 32.7 Å². The Bertz CT molecular complexity index is 923. The van der Waals surface area contributed by atoms with E-state index in [0.29, 0.717) is 52.1 Å². The number of hydrogen-bond donors (Lipinski definition) is 1. The van der Waals surface area contributed by atoms with Crippen molar-refractivity contribution in [1.29, 1.82) is 0 Å². The molecule has 4 aliphatic heterocycles. The van der Waals surface area contributed by atoms with Gasteiger partial charge in [-0.25, -0.2) is 0 Å². The lowest BCUT2D eigenvalue weighted by Gasteiger charge is -2.41. The number of hydrogen-bond acceptors (Lipinski definition) is 8. The smallest absolute Gasteiger partial charge is 0.312 e. The summed E-state index contributed by atoms with van der Waals surface area (Å²) in [6.45, 7) is 15.8. The Balaban J connectivity index is 1.67. The van der Waals surface area contributed by atoms with Gasteiger partial charge in [-0.15, -0.1) is 13.2 Å². The molecule has 1 spiro atoms. The Kier molecular flexibility index (Phi) is 9.85. The van der Waals surface area contributed by atoms with E-state index in [4.69, 9.17) is 14.2 Å². The summed E-state index contributed by atoms with van der Waals surface area (Å²) >= 11 is 0. The second-order valence-corrected chi connectivity index (χ2v) is 11.2. The highest BCUT2D eigenvalue weighted by atomic mass is 16.6. The van der Waals surface area contributed by atoms with E-state index >= 15 is 0 Å². The highest BCUT2D eigenvalue weighted by Gasteiger charge is 2.75. The first-order valence-electron chi connectivity index (χ1n) is 14.4. The van der Waals surface area contributed by atoms with Gasteiger partial charge in [0.05, 0.1) is 50.4 Å². The maximum atomic E-state index is 14.5. The van der Waals surface area contributed by atoms with Gasteiger partial charge in [-0.3, -0.25) is 19.3 Å². The Hall–Kier alpha value is -2.27. The van der Waals surface area contributed by atoms with Gasteiger partial charge >= 0.3 is 5.97 Å². The molecule has 2 bridgehead atoms. The van der Waals surface area contributed by atoms with Crippen LogP contribution in [-0.4, -0.2) is 121 Å². The molecule has 0 radical (unpaired) electrons. The zero-order chi connectivity index (χ0) is 28.2. The van der Waals surface area contributed by atoms with E-state index in [1.54, 1.807) is 22.0 Å². The molecule has 4 aliphatic rings. The minimum absolute atomic E-state index is 0.0547. The average molecular weight is 548 g/mol. The molecular weight excluding hydrogens is 502 g/mol. The lowest BCUT2D eigenvalue weighted by molar-refractivity contribution is -0.157. The van der Waals surface area contributed by atoms with Crippen molar-refractivity contribution in [2.45, 2.75) is 63.3 Å². The summed E-state index contributed by atoms with van der Waals surface area (Å²) in [5.74, 6) is -2.62. The van der Waals surface area contributed by atoms with E-state index in [1.165, 1.54) is 0 Å². The zero-order valence-electron chi connectivity index (χ0n) is 23.5. The van der Waals surface area contributed by atoms with Crippen molar-refractivity contribution < 1.29 is 33.7 Å². The lowest BCUT2D eigenvalue weighted by Crippen LogP contribution is -2.60. The zero-order valence-corrected chi connectivity index (χ0v) is 23.5. The number of carbonyl (C=O) groups is 3. The van der Waals surface area contributed by atoms with Crippen LogP contribution < -0.4 is 0 Å².